The largest absolute Gasteiger partial charge is 0.396 e. The molecule has 0 heterocycles. The van der Waals surface area contributed by atoms with Crippen molar-refractivity contribution in [1.29, 1.82) is 0 Å². The molecule has 0 aromatic carbocycles. The van der Waals surface area contributed by atoms with E-state index < -0.39 is 0 Å². The summed E-state index contributed by atoms with van der Waals surface area (Å²) in [6.45, 7) is 1.84. The Morgan fingerprint density at radius 2 is 1.73 bits per heavy atom. The Bertz CT molecular complexity index is 83.4. The number of hydrogen-bond donors (Lipinski definition) is 3. The van der Waals surface area contributed by atoms with Gasteiger partial charge in [0.1, 0.15) is 0 Å². The topological polar surface area (TPSA) is 60.7 Å². The fourth-order valence-corrected chi connectivity index (χ4v) is 0.905. The third-order valence-electron chi connectivity index (χ3n) is 1.61. The molecule has 0 aromatic heterocycles. The van der Waals surface area contributed by atoms with E-state index in [0.29, 0.717) is 25.7 Å². The molecule has 68 valence electrons. The molecule has 0 saturated heterocycles. The molecule has 3 heteroatoms. The predicted molar refractivity (Wildman–Crippen MR) is 43.2 cm³/mol. The van der Waals surface area contributed by atoms with Gasteiger partial charge in [0.05, 0.1) is 12.2 Å². The number of aliphatic hydroxyl groups excluding tert-OH is 3. The molecular weight excluding hydrogens is 144 g/mol. The number of rotatable bonds is 6. The van der Waals surface area contributed by atoms with E-state index in [1.54, 1.807) is 6.92 Å². The quantitative estimate of drug-likeness (QED) is 0.525. The summed E-state index contributed by atoms with van der Waals surface area (Å²) in [5.41, 5.74) is 0. The maximum atomic E-state index is 9.21. The second-order valence-corrected chi connectivity index (χ2v) is 2.95. The van der Waals surface area contributed by atoms with Gasteiger partial charge in [0.2, 0.25) is 0 Å². The molecular formula is C8H18O3. The molecule has 0 fully saturated rings. The summed E-state index contributed by atoms with van der Waals surface area (Å²) >= 11 is 0. The lowest BCUT2D eigenvalue weighted by atomic mass is 10.1. The SMILES string of the molecule is C[C@@H](O)CC[C@@H](O)CCCO. The summed E-state index contributed by atoms with van der Waals surface area (Å²) in [7, 11) is 0. The van der Waals surface area contributed by atoms with Crippen molar-refractivity contribution in [1.82, 2.24) is 0 Å². The minimum atomic E-state index is -0.364. The summed E-state index contributed by atoms with van der Waals surface area (Å²) in [5, 5.41) is 26.5. The molecule has 0 aliphatic rings. The van der Waals surface area contributed by atoms with Gasteiger partial charge in [-0.25, -0.2) is 0 Å². The van der Waals surface area contributed by atoms with E-state index >= 15 is 0 Å². The van der Waals surface area contributed by atoms with Crippen LogP contribution in [0.25, 0.3) is 0 Å². The first-order valence-electron chi connectivity index (χ1n) is 4.13. The first kappa shape index (κ1) is 10.9. The summed E-state index contributed by atoms with van der Waals surface area (Å²) in [5.74, 6) is 0. The van der Waals surface area contributed by atoms with Crippen molar-refractivity contribution in [2.45, 2.75) is 44.8 Å². The monoisotopic (exact) mass is 162 g/mol. The molecule has 0 rings (SSSR count). The fraction of sp³-hybridized carbons (Fsp3) is 1.00. The summed E-state index contributed by atoms with van der Waals surface area (Å²) in [6, 6.07) is 0. The van der Waals surface area contributed by atoms with E-state index in [-0.39, 0.29) is 18.8 Å². The van der Waals surface area contributed by atoms with Gasteiger partial charge in [0.15, 0.2) is 0 Å². The maximum Gasteiger partial charge on any atom is 0.0542 e. The first-order valence-corrected chi connectivity index (χ1v) is 4.13. The van der Waals surface area contributed by atoms with Crippen LogP contribution in [0.15, 0.2) is 0 Å². The molecule has 0 aromatic rings. The molecule has 0 saturated carbocycles. The van der Waals surface area contributed by atoms with Crippen LogP contribution in [0.2, 0.25) is 0 Å². The molecule has 0 aliphatic carbocycles. The van der Waals surface area contributed by atoms with Gasteiger partial charge in [0.25, 0.3) is 0 Å². The van der Waals surface area contributed by atoms with Crippen LogP contribution in [-0.4, -0.2) is 34.1 Å². The van der Waals surface area contributed by atoms with Gasteiger partial charge < -0.3 is 15.3 Å². The van der Waals surface area contributed by atoms with Crippen LogP contribution in [-0.2, 0) is 0 Å². The van der Waals surface area contributed by atoms with Gasteiger partial charge in [-0.3, -0.25) is 0 Å². The molecule has 0 amide bonds. The van der Waals surface area contributed by atoms with E-state index in [0.717, 1.165) is 0 Å². The van der Waals surface area contributed by atoms with Crippen molar-refractivity contribution in [3.8, 4) is 0 Å². The molecule has 0 radical (unpaired) electrons. The van der Waals surface area contributed by atoms with E-state index in [2.05, 4.69) is 0 Å². The van der Waals surface area contributed by atoms with Crippen molar-refractivity contribution < 1.29 is 15.3 Å². The first-order chi connectivity index (χ1) is 5.16. The molecule has 2 atom stereocenters. The molecule has 0 spiro atoms. The lowest BCUT2D eigenvalue weighted by molar-refractivity contribution is 0.110. The van der Waals surface area contributed by atoms with Crippen molar-refractivity contribution in [3.63, 3.8) is 0 Å². The fourth-order valence-electron chi connectivity index (χ4n) is 0.905. The zero-order valence-electron chi connectivity index (χ0n) is 7.03. The van der Waals surface area contributed by atoms with Crippen molar-refractivity contribution >= 4 is 0 Å². The second-order valence-electron chi connectivity index (χ2n) is 2.95. The van der Waals surface area contributed by atoms with E-state index in [1.807, 2.05) is 0 Å². The van der Waals surface area contributed by atoms with Crippen LogP contribution >= 0.6 is 0 Å². The van der Waals surface area contributed by atoms with Gasteiger partial charge in [0, 0.05) is 6.61 Å². The normalized spacial score (nSPS) is 16.4. The average Bonchev–Trinajstić information content (AvgIpc) is 1.97. The van der Waals surface area contributed by atoms with Gasteiger partial charge >= 0.3 is 0 Å². The van der Waals surface area contributed by atoms with Crippen LogP contribution in [0.4, 0.5) is 0 Å². The van der Waals surface area contributed by atoms with Crippen molar-refractivity contribution in [2.24, 2.45) is 0 Å². The Morgan fingerprint density at radius 3 is 2.18 bits per heavy atom. The highest BCUT2D eigenvalue weighted by molar-refractivity contribution is 4.57. The van der Waals surface area contributed by atoms with E-state index in [9.17, 15) is 5.11 Å². The Kier molecular flexibility index (Phi) is 6.51. The Hall–Kier alpha value is -0.120. The highest BCUT2D eigenvalue weighted by Crippen LogP contribution is 2.06. The highest BCUT2D eigenvalue weighted by Gasteiger charge is 2.04. The summed E-state index contributed by atoms with van der Waals surface area (Å²) in [4.78, 5) is 0. The molecule has 11 heavy (non-hydrogen) atoms. The lowest BCUT2D eigenvalue weighted by Crippen LogP contribution is -2.11. The average molecular weight is 162 g/mol. The van der Waals surface area contributed by atoms with Crippen LogP contribution in [0.1, 0.15) is 32.6 Å². The van der Waals surface area contributed by atoms with Crippen molar-refractivity contribution in [3.05, 3.63) is 0 Å². The van der Waals surface area contributed by atoms with Crippen LogP contribution in [0, 0.1) is 0 Å². The Balaban J connectivity index is 3.15. The zero-order chi connectivity index (χ0) is 8.69. The lowest BCUT2D eigenvalue weighted by Gasteiger charge is -2.10. The maximum absolute atomic E-state index is 9.21. The number of hydrogen-bond acceptors (Lipinski definition) is 3. The molecule has 3 N–H and O–H groups in total. The zero-order valence-corrected chi connectivity index (χ0v) is 7.03. The molecule has 0 aliphatic heterocycles. The van der Waals surface area contributed by atoms with Crippen molar-refractivity contribution in [2.75, 3.05) is 6.61 Å². The summed E-state index contributed by atoms with van der Waals surface area (Å²) in [6.07, 6.45) is 1.82. The van der Waals surface area contributed by atoms with Gasteiger partial charge in [-0.1, -0.05) is 0 Å². The Labute approximate surface area is 67.7 Å². The minimum absolute atomic E-state index is 0.131. The van der Waals surface area contributed by atoms with Gasteiger partial charge in [-0.15, -0.1) is 0 Å². The molecule has 3 nitrogen and oxygen atoms in total. The Morgan fingerprint density at radius 1 is 1.09 bits per heavy atom. The predicted octanol–water partition coefficient (Wildman–Crippen LogP) is 0.281. The molecule has 0 unspecified atom stereocenters. The molecule has 0 bridgehead atoms. The number of aliphatic hydroxyl groups is 3. The third kappa shape index (κ3) is 7.78. The van der Waals surface area contributed by atoms with Gasteiger partial charge in [-0.2, -0.15) is 0 Å². The second kappa shape index (κ2) is 6.58. The van der Waals surface area contributed by atoms with Crippen LogP contribution in [0.3, 0.4) is 0 Å². The summed E-state index contributed by atoms with van der Waals surface area (Å²) < 4.78 is 0. The van der Waals surface area contributed by atoms with E-state index in [1.165, 1.54) is 0 Å². The highest BCUT2D eigenvalue weighted by atomic mass is 16.3. The minimum Gasteiger partial charge on any atom is -0.396 e. The standard InChI is InChI=1S/C8H18O3/c1-7(10)4-5-8(11)3-2-6-9/h7-11H,2-6H2,1H3/t7-,8+/m1/s1. The third-order valence-corrected chi connectivity index (χ3v) is 1.61. The van der Waals surface area contributed by atoms with Crippen LogP contribution < -0.4 is 0 Å². The van der Waals surface area contributed by atoms with Gasteiger partial charge in [-0.05, 0) is 32.6 Å². The smallest absolute Gasteiger partial charge is 0.0542 e. The van der Waals surface area contributed by atoms with E-state index in [4.69, 9.17) is 10.2 Å². The van der Waals surface area contributed by atoms with Crippen LogP contribution in [0.5, 0.6) is 0 Å².